The first-order chi connectivity index (χ1) is 6.29. The van der Waals surface area contributed by atoms with Crippen LogP contribution in [-0.2, 0) is 0 Å². The average Bonchev–Trinajstić information content (AvgIpc) is 2.11. The van der Waals surface area contributed by atoms with Gasteiger partial charge in [-0.2, -0.15) is 0 Å². The molecule has 0 unspecified atom stereocenters. The summed E-state index contributed by atoms with van der Waals surface area (Å²) >= 11 is 0. The minimum atomic E-state index is 0.192. The van der Waals surface area contributed by atoms with E-state index in [1.807, 2.05) is 32.1 Å². The Morgan fingerprint density at radius 2 is 2.23 bits per heavy atom. The topological polar surface area (TPSA) is 29.5 Å². The molecule has 13 heavy (non-hydrogen) atoms. The molecule has 0 saturated heterocycles. The fourth-order valence-corrected chi connectivity index (χ4v) is 1.15. The van der Waals surface area contributed by atoms with Crippen LogP contribution in [0.2, 0.25) is 0 Å². The molecule has 0 aliphatic carbocycles. The van der Waals surface area contributed by atoms with Crippen molar-refractivity contribution in [2.24, 2.45) is 0 Å². The van der Waals surface area contributed by atoms with E-state index in [4.69, 9.17) is 4.74 Å². The molecule has 0 spiro atoms. The number of hydrogen-bond donors (Lipinski definition) is 1. The molecule has 0 aliphatic rings. The SMILES string of the molecule is C/C=C/c1cccc(O)c1OCC. The molecule has 1 rings (SSSR count). The van der Waals surface area contributed by atoms with E-state index in [1.165, 1.54) is 0 Å². The second-order valence-electron chi connectivity index (χ2n) is 2.63. The van der Waals surface area contributed by atoms with Gasteiger partial charge < -0.3 is 9.84 Å². The van der Waals surface area contributed by atoms with Gasteiger partial charge in [-0.3, -0.25) is 0 Å². The summed E-state index contributed by atoms with van der Waals surface area (Å²) in [4.78, 5) is 0. The zero-order valence-corrected chi connectivity index (χ0v) is 7.95. The van der Waals surface area contributed by atoms with Crippen LogP contribution >= 0.6 is 0 Å². The maximum Gasteiger partial charge on any atom is 0.168 e. The summed E-state index contributed by atoms with van der Waals surface area (Å²) in [6, 6.07) is 5.33. The zero-order valence-electron chi connectivity index (χ0n) is 7.95. The number of aromatic hydroxyl groups is 1. The first-order valence-electron chi connectivity index (χ1n) is 4.37. The lowest BCUT2D eigenvalue weighted by molar-refractivity contribution is 0.317. The standard InChI is InChI=1S/C11H14O2/c1-3-6-9-7-5-8-10(12)11(9)13-4-2/h3,5-8,12H,4H2,1-2H3/b6-3+. The van der Waals surface area contributed by atoms with E-state index in [-0.39, 0.29) is 5.75 Å². The first kappa shape index (κ1) is 9.65. The Morgan fingerprint density at radius 1 is 1.46 bits per heavy atom. The van der Waals surface area contributed by atoms with Crippen LogP contribution < -0.4 is 4.74 Å². The summed E-state index contributed by atoms with van der Waals surface area (Å²) in [5.41, 5.74) is 0.907. The summed E-state index contributed by atoms with van der Waals surface area (Å²) in [6.07, 6.45) is 3.82. The second kappa shape index (κ2) is 4.55. The average molecular weight is 178 g/mol. The zero-order chi connectivity index (χ0) is 9.68. The van der Waals surface area contributed by atoms with Gasteiger partial charge in [0.1, 0.15) is 0 Å². The minimum Gasteiger partial charge on any atom is -0.504 e. The van der Waals surface area contributed by atoms with Crippen LogP contribution in [0.5, 0.6) is 11.5 Å². The third kappa shape index (κ3) is 2.25. The third-order valence-electron chi connectivity index (χ3n) is 1.66. The normalized spacial score (nSPS) is 10.6. The van der Waals surface area contributed by atoms with E-state index in [0.717, 1.165) is 5.56 Å². The summed E-state index contributed by atoms with van der Waals surface area (Å²) in [5, 5.41) is 9.49. The predicted molar refractivity (Wildman–Crippen MR) is 54.0 cm³/mol. The molecule has 70 valence electrons. The highest BCUT2D eigenvalue weighted by Gasteiger charge is 2.04. The van der Waals surface area contributed by atoms with Gasteiger partial charge in [0, 0.05) is 5.56 Å². The fraction of sp³-hybridized carbons (Fsp3) is 0.273. The van der Waals surface area contributed by atoms with Gasteiger partial charge in [0.05, 0.1) is 6.61 Å². The lowest BCUT2D eigenvalue weighted by Crippen LogP contribution is -1.93. The molecule has 1 aromatic carbocycles. The van der Waals surface area contributed by atoms with Gasteiger partial charge in [-0.1, -0.05) is 24.3 Å². The Hall–Kier alpha value is -1.44. The highest BCUT2D eigenvalue weighted by molar-refractivity contribution is 5.61. The Bertz CT molecular complexity index is 303. The summed E-state index contributed by atoms with van der Waals surface area (Å²) in [6.45, 7) is 4.38. The maximum absolute atomic E-state index is 9.49. The van der Waals surface area contributed by atoms with Crippen molar-refractivity contribution in [3.8, 4) is 11.5 Å². The summed E-state index contributed by atoms with van der Waals surface area (Å²) in [5.74, 6) is 0.751. The van der Waals surface area contributed by atoms with E-state index < -0.39 is 0 Å². The largest absolute Gasteiger partial charge is 0.504 e. The molecule has 0 heterocycles. The van der Waals surface area contributed by atoms with Crippen molar-refractivity contribution < 1.29 is 9.84 Å². The van der Waals surface area contributed by atoms with E-state index in [1.54, 1.807) is 12.1 Å². The van der Waals surface area contributed by atoms with Gasteiger partial charge in [0.25, 0.3) is 0 Å². The number of benzene rings is 1. The molecule has 0 radical (unpaired) electrons. The molecular weight excluding hydrogens is 164 g/mol. The lowest BCUT2D eigenvalue weighted by atomic mass is 10.1. The van der Waals surface area contributed by atoms with E-state index in [9.17, 15) is 5.11 Å². The predicted octanol–water partition coefficient (Wildman–Crippen LogP) is 2.82. The number of para-hydroxylation sites is 1. The Labute approximate surface area is 78.5 Å². The van der Waals surface area contributed by atoms with Crippen molar-refractivity contribution in [1.29, 1.82) is 0 Å². The van der Waals surface area contributed by atoms with Gasteiger partial charge in [-0.05, 0) is 19.9 Å². The quantitative estimate of drug-likeness (QED) is 0.771. The van der Waals surface area contributed by atoms with Crippen LogP contribution in [0.15, 0.2) is 24.3 Å². The molecule has 0 amide bonds. The molecule has 2 nitrogen and oxygen atoms in total. The molecule has 0 fully saturated rings. The summed E-state index contributed by atoms with van der Waals surface area (Å²) < 4.78 is 5.32. The second-order valence-corrected chi connectivity index (χ2v) is 2.63. The van der Waals surface area contributed by atoms with E-state index >= 15 is 0 Å². The van der Waals surface area contributed by atoms with E-state index in [0.29, 0.717) is 12.4 Å². The molecule has 2 heteroatoms. The number of rotatable bonds is 3. The highest BCUT2D eigenvalue weighted by atomic mass is 16.5. The minimum absolute atomic E-state index is 0.192. The maximum atomic E-state index is 9.49. The van der Waals surface area contributed by atoms with Gasteiger partial charge in [-0.25, -0.2) is 0 Å². The van der Waals surface area contributed by atoms with Crippen molar-refractivity contribution in [2.75, 3.05) is 6.61 Å². The van der Waals surface area contributed by atoms with Gasteiger partial charge in [0.15, 0.2) is 11.5 Å². The molecule has 1 N–H and O–H groups in total. The number of phenols is 1. The first-order valence-corrected chi connectivity index (χ1v) is 4.37. The van der Waals surface area contributed by atoms with Crippen LogP contribution in [0.1, 0.15) is 19.4 Å². The molecule has 0 aromatic heterocycles. The Kier molecular flexibility index (Phi) is 3.38. The van der Waals surface area contributed by atoms with Crippen molar-refractivity contribution in [3.05, 3.63) is 29.8 Å². The van der Waals surface area contributed by atoms with Crippen LogP contribution in [0.4, 0.5) is 0 Å². The third-order valence-corrected chi connectivity index (χ3v) is 1.66. The number of phenolic OH excluding ortho intramolecular Hbond substituents is 1. The van der Waals surface area contributed by atoms with Crippen LogP contribution in [0.25, 0.3) is 6.08 Å². The van der Waals surface area contributed by atoms with Crippen molar-refractivity contribution >= 4 is 6.08 Å². The van der Waals surface area contributed by atoms with Gasteiger partial charge >= 0.3 is 0 Å². The molecule has 0 aliphatic heterocycles. The smallest absolute Gasteiger partial charge is 0.168 e. The number of allylic oxidation sites excluding steroid dienone is 1. The van der Waals surface area contributed by atoms with Crippen molar-refractivity contribution in [2.45, 2.75) is 13.8 Å². The Balaban J connectivity index is 3.09. The Morgan fingerprint density at radius 3 is 2.85 bits per heavy atom. The monoisotopic (exact) mass is 178 g/mol. The van der Waals surface area contributed by atoms with Crippen LogP contribution in [0, 0.1) is 0 Å². The van der Waals surface area contributed by atoms with Gasteiger partial charge in [-0.15, -0.1) is 0 Å². The highest BCUT2D eigenvalue weighted by Crippen LogP contribution is 2.30. The molecule has 0 bridgehead atoms. The number of ether oxygens (including phenoxy) is 1. The van der Waals surface area contributed by atoms with Gasteiger partial charge in [0.2, 0.25) is 0 Å². The van der Waals surface area contributed by atoms with E-state index in [2.05, 4.69) is 0 Å². The van der Waals surface area contributed by atoms with Crippen LogP contribution in [0.3, 0.4) is 0 Å². The lowest BCUT2D eigenvalue weighted by Gasteiger charge is -2.08. The van der Waals surface area contributed by atoms with Crippen LogP contribution in [-0.4, -0.2) is 11.7 Å². The molecule has 0 saturated carbocycles. The number of hydrogen-bond acceptors (Lipinski definition) is 2. The van der Waals surface area contributed by atoms with Crippen molar-refractivity contribution in [1.82, 2.24) is 0 Å². The molecule has 1 aromatic rings. The summed E-state index contributed by atoms with van der Waals surface area (Å²) in [7, 11) is 0. The fourth-order valence-electron chi connectivity index (χ4n) is 1.15. The molecular formula is C11H14O2. The van der Waals surface area contributed by atoms with Crippen molar-refractivity contribution in [3.63, 3.8) is 0 Å². The molecule has 0 atom stereocenters.